The number of hydrogen-bond donors (Lipinski definition) is 0. The lowest BCUT2D eigenvalue weighted by Gasteiger charge is -2.29. The van der Waals surface area contributed by atoms with Gasteiger partial charge in [-0.25, -0.2) is 8.42 Å². The largest absolute Gasteiger partial charge is 0.377 e. The van der Waals surface area contributed by atoms with Crippen molar-refractivity contribution in [1.82, 2.24) is 10.1 Å². The van der Waals surface area contributed by atoms with Crippen LogP contribution in [0.1, 0.15) is 30.6 Å². The number of hydrogen-bond acceptors (Lipinski definition) is 6. The molecule has 2 fully saturated rings. The van der Waals surface area contributed by atoms with Gasteiger partial charge in [-0.15, -0.1) is 0 Å². The molecule has 118 valence electrons. The van der Waals surface area contributed by atoms with Gasteiger partial charge in [0.05, 0.1) is 23.8 Å². The summed E-state index contributed by atoms with van der Waals surface area (Å²) in [6.07, 6.45) is 4.79. The van der Waals surface area contributed by atoms with Crippen LogP contribution in [0, 0.1) is 6.92 Å². The molecule has 0 saturated carbocycles. The molecule has 0 radical (unpaired) electrons. The Morgan fingerprint density at radius 3 is 2.86 bits per heavy atom. The average molecular weight is 314 g/mol. The third-order valence-corrected chi connectivity index (χ3v) is 6.16. The van der Waals surface area contributed by atoms with Gasteiger partial charge < -0.3 is 9.26 Å². The first-order valence-corrected chi connectivity index (χ1v) is 9.32. The van der Waals surface area contributed by atoms with Gasteiger partial charge in [0.1, 0.15) is 5.76 Å². The summed E-state index contributed by atoms with van der Waals surface area (Å²) >= 11 is 0. The minimum atomic E-state index is -2.88. The molecule has 2 atom stereocenters. The predicted molar refractivity (Wildman–Crippen MR) is 77.7 cm³/mol. The van der Waals surface area contributed by atoms with Crippen molar-refractivity contribution >= 4 is 9.84 Å². The molecular weight excluding hydrogens is 292 g/mol. The zero-order valence-corrected chi connectivity index (χ0v) is 13.1. The molecule has 6 nitrogen and oxygen atoms in total. The Bertz CT molecular complexity index is 578. The number of nitrogens with zero attached hydrogens (tertiary/aromatic N) is 2. The lowest BCUT2D eigenvalue weighted by atomic mass is 10.1. The third-order valence-electron chi connectivity index (χ3n) is 4.41. The SMILES string of the molecule is Cc1oncc1CN(CC1CCCO1)C1CCS(=O)(=O)C1. The van der Waals surface area contributed by atoms with Crippen LogP contribution in [0.3, 0.4) is 0 Å². The first kappa shape index (κ1) is 15.0. The van der Waals surface area contributed by atoms with Crippen LogP contribution >= 0.6 is 0 Å². The Kier molecular flexibility index (Phi) is 4.33. The van der Waals surface area contributed by atoms with E-state index < -0.39 is 9.84 Å². The molecule has 0 amide bonds. The molecular formula is C14H22N2O4S. The van der Waals surface area contributed by atoms with Crippen LogP contribution in [0.25, 0.3) is 0 Å². The fraction of sp³-hybridized carbons (Fsp3) is 0.786. The maximum absolute atomic E-state index is 11.8. The van der Waals surface area contributed by atoms with E-state index in [-0.39, 0.29) is 17.9 Å². The van der Waals surface area contributed by atoms with Crippen molar-refractivity contribution in [2.45, 2.75) is 44.9 Å². The summed E-state index contributed by atoms with van der Waals surface area (Å²) in [7, 11) is -2.88. The monoisotopic (exact) mass is 314 g/mol. The van der Waals surface area contributed by atoms with Crippen molar-refractivity contribution in [3.63, 3.8) is 0 Å². The highest BCUT2D eigenvalue weighted by atomic mass is 32.2. The number of ether oxygens (including phenoxy) is 1. The normalized spacial score (nSPS) is 28.5. The summed E-state index contributed by atoms with van der Waals surface area (Å²) in [6, 6.07) is 0.0773. The molecule has 2 saturated heterocycles. The summed E-state index contributed by atoms with van der Waals surface area (Å²) in [5.41, 5.74) is 1.03. The fourth-order valence-electron chi connectivity index (χ4n) is 3.15. The van der Waals surface area contributed by atoms with E-state index in [4.69, 9.17) is 9.26 Å². The Hall–Kier alpha value is -0.920. The zero-order valence-electron chi connectivity index (χ0n) is 12.3. The van der Waals surface area contributed by atoms with Crippen molar-refractivity contribution in [2.75, 3.05) is 24.7 Å². The minimum absolute atomic E-state index is 0.0773. The van der Waals surface area contributed by atoms with Gasteiger partial charge in [-0.05, 0) is 26.2 Å². The van der Waals surface area contributed by atoms with E-state index in [2.05, 4.69) is 10.1 Å². The quantitative estimate of drug-likeness (QED) is 0.812. The van der Waals surface area contributed by atoms with Gasteiger partial charge in [0, 0.05) is 31.3 Å². The highest BCUT2D eigenvalue weighted by Crippen LogP contribution is 2.23. The molecule has 0 bridgehead atoms. The van der Waals surface area contributed by atoms with Crippen molar-refractivity contribution in [1.29, 1.82) is 0 Å². The lowest BCUT2D eigenvalue weighted by Crippen LogP contribution is -2.40. The Morgan fingerprint density at radius 2 is 2.29 bits per heavy atom. The Morgan fingerprint density at radius 1 is 1.43 bits per heavy atom. The standard InChI is InChI=1S/C14H22N2O4S/c1-11-12(7-15-20-11)8-16(9-14-3-2-5-19-14)13-4-6-21(17,18)10-13/h7,13-14H,2-6,8-10H2,1H3. The van der Waals surface area contributed by atoms with Crippen LogP contribution in [-0.4, -0.2) is 55.3 Å². The van der Waals surface area contributed by atoms with E-state index in [9.17, 15) is 8.42 Å². The summed E-state index contributed by atoms with van der Waals surface area (Å²) in [4.78, 5) is 2.24. The van der Waals surface area contributed by atoms with Crippen LogP contribution in [0.4, 0.5) is 0 Å². The second-order valence-electron chi connectivity index (χ2n) is 6.03. The number of aryl methyl sites for hydroxylation is 1. The van der Waals surface area contributed by atoms with E-state index in [1.54, 1.807) is 6.20 Å². The topological polar surface area (TPSA) is 72.6 Å². The number of rotatable bonds is 5. The first-order valence-electron chi connectivity index (χ1n) is 7.50. The van der Waals surface area contributed by atoms with E-state index in [1.165, 1.54) is 0 Å². The average Bonchev–Trinajstić information content (AvgIpc) is 3.12. The lowest BCUT2D eigenvalue weighted by molar-refractivity contribution is 0.0573. The van der Waals surface area contributed by atoms with Gasteiger partial charge in [-0.2, -0.15) is 0 Å². The summed E-state index contributed by atoms with van der Waals surface area (Å²) in [5, 5.41) is 3.81. The van der Waals surface area contributed by atoms with Crippen LogP contribution in [-0.2, 0) is 21.1 Å². The maximum atomic E-state index is 11.8. The molecule has 2 aliphatic heterocycles. The minimum Gasteiger partial charge on any atom is -0.377 e. The van der Waals surface area contributed by atoms with Crippen molar-refractivity contribution in [3.05, 3.63) is 17.5 Å². The molecule has 2 unspecified atom stereocenters. The molecule has 3 rings (SSSR count). The molecule has 21 heavy (non-hydrogen) atoms. The van der Waals surface area contributed by atoms with Gasteiger partial charge in [0.15, 0.2) is 9.84 Å². The molecule has 0 aliphatic carbocycles. The highest BCUT2D eigenvalue weighted by molar-refractivity contribution is 7.91. The second-order valence-corrected chi connectivity index (χ2v) is 8.26. The molecule has 0 aromatic carbocycles. The summed E-state index contributed by atoms with van der Waals surface area (Å²) in [6.45, 7) is 4.16. The molecule has 3 heterocycles. The van der Waals surface area contributed by atoms with E-state index in [0.29, 0.717) is 18.7 Å². The predicted octanol–water partition coefficient (Wildman–Crippen LogP) is 1.15. The Labute approximate surface area is 125 Å². The molecule has 7 heteroatoms. The molecule has 1 aromatic heterocycles. The van der Waals surface area contributed by atoms with Gasteiger partial charge in [0.2, 0.25) is 0 Å². The maximum Gasteiger partial charge on any atom is 0.151 e. The van der Waals surface area contributed by atoms with Gasteiger partial charge >= 0.3 is 0 Å². The van der Waals surface area contributed by atoms with Crippen molar-refractivity contribution in [2.24, 2.45) is 0 Å². The van der Waals surface area contributed by atoms with Crippen LogP contribution < -0.4 is 0 Å². The smallest absolute Gasteiger partial charge is 0.151 e. The fourth-order valence-corrected chi connectivity index (χ4v) is 4.91. The van der Waals surface area contributed by atoms with E-state index in [0.717, 1.165) is 37.3 Å². The first-order chi connectivity index (χ1) is 10.0. The van der Waals surface area contributed by atoms with Gasteiger partial charge in [0.25, 0.3) is 0 Å². The Balaban J connectivity index is 1.72. The van der Waals surface area contributed by atoms with Gasteiger partial charge in [-0.1, -0.05) is 5.16 Å². The zero-order chi connectivity index (χ0) is 14.9. The number of sulfone groups is 1. The van der Waals surface area contributed by atoms with Crippen LogP contribution in [0.5, 0.6) is 0 Å². The van der Waals surface area contributed by atoms with Gasteiger partial charge in [-0.3, -0.25) is 4.90 Å². The van der Waals surface area contributed by atoms with Crippen LogP contribution in [0.15, 0.2) is 10.7 Å². The molecule has 0 N–H and O–H groups in total. The van der Waals surface area contributed by atoms with E-state index in [1.807, 2.05) is 6.92 Å². The second kappa shape index (κ2) is 6.06. The third kappa shape index (κ3) is 3.64. The summed E-state index contributed by atoms with van der Waals surface area (Å²) < 4.78 is 34.4. The van der Waals surface area contributed by atoms with Crippen LogP contribution in [0.2, 0.25) is 0 Å². The molecule has 1 aromatic rings. The molecule has 2 aliphatic rings. The highest BCUT2D eigenvalue weighted by Gasteiger charge is 2.34. The number of aromatic nitrogens is 1. The van der Waals surface area contributed by atoms with Crippen molar-refractivity contribution in [3.8, 4) is 0 Å². The van der Waals surface area contributed by atoms with Crippen molar-refractivity contribution < 1.29 is 17.7 Å². The van der Waals surface area contributed by atoms with E-state index >= 15 is 0 Å². The summed E-state index contributed by atoms with van der Waals surface area (Å²) in [5.74, 6) is 1.35. The molecule has 0 spiro atoms.